The second kappa shape index (κ2) is 39.8. The van der Waals surface area contributed by atoms with Gasteiger partial charge in [-0.2, -0.15) is 0 Å². The lowest BCUT2D eigenvalue weighted by Crippen LogP contribution is -3.00. The van der Waals surface area contributed by atoms with E-state index in [-0.39, 0.29) is 30.4 Å². The topological polar surface area (TPSA) is 12.0 Å². The summed E-state index contributed by atoms with van der Waals surface area (Å²) in [6.45, 7) is 12.7. The van der Waals surface area contributed by atoms with Gasteiger partial charge in [-0.05, 0) is 45.2 Å². The molecule has 0 heterocycles. The minimum Gasteiger partial charge on any atom is -1.00 e. The molecule has 0 radical (unpaired) electrons. The Bertz CT molecular complexity index is 1010. The van der Waals surface area contributed by atoms with Crippen LogP contribution < -0.4 is 17.7 Å². The Labute approximate surface area is 358 Å². The first-order valence-corrected chi connectivity index (χ1v) is 23.5. The summed E-state index contributed by atoms with van der Waals surface area (Å²) in [4.78, 5) is 0. The van der Waals surface area contributed by atoms with Crippen molar-refractivity contribution in [2.24, 2.45) is 0 Å². The Morgan fingerprint density at radius 1 is 0.436 bits per heavy atom. The van der Waals surface area contributed by atoms with Gasteiger partial charge in [-0.15, -0.1) is 12.4 Å². The van der Waals surface area contributed by atoms with Crippen molar-refractivity contribution in [3.63, 3.8) is 0 Å². The van der Waals surface area contributed by atoms with Gasteiger partial charge in [-0.3, -0.25) is 0 Å². The molecule has 0 aliphatic rings. The number of halogens is 2. The minimum absolute atomic E-state index is 0. The van der Waals surface area contributed by atoms with Gasteiger partial charge >= 0.3 is 0 Å². The van der Waals surface area contributed by atoms with Crippen molar-refractivity contribution in [3.05, 3.63) is 71.8 Å². The van der Waals surface area contributed by atoms with Crippen LogP contribution in [0.25, 0.3) is 0 Å². The Balaban J connectivity index is 0. The normalized spacial score (nSPS) is 11.4. The number of benzene rings is 2. The van der Waals surface area contributed by atoms with E-state index in [9.17, 15) is 0 Å². The van der Waals surface area contributed by atoms with E-state index in [0.29, 0.717) is 0 Å². The third-order valence-electron chi connectivity index (χ3n) is 11.4. The SMILES string of the molecule is CCCCCCCCCCCCCCCCCNC(C)(C)c1ccccc1.CCCCCCCCCCCCCCCC[N+](C)(C)Cc1ccccc1.Cl.[Cl-]. The smallest absolute Gasteiger partial charge is 0.104 e. The molecule has 0 atom stereocenters. The van der Waals surface area contributed by atoms with E-state index in [1.807, 2.05) is 0 Å². The van der Waals surface area contributed by atoms with Crippen LogP contribution >= 0.6 is 12.4 Å². The standard InChI is InChI=1S/C26H47N.C25H46N.2ClH/c1-4-5-6-7-8-9-10-11-12-13-14-15-16-17-21-24-27-26(2,3)25-22-19-18-20-23-25;1-4-5-6-7-8-9-10-11-12-13-14-15-16-20-23-26(2,3)24-25-21-18-17-19-22-25;;/h18-20,22-23,27H,4-17,21,24H2,1-3H3;17-19,21-22H,4-16,20,23-24H2,1-3H3;2*1H/q;+1;;/p-1. The zero-order valence-electron chi connectivity index (χ0n) is 37.6. The van der Waals surface area contributed by atoms with Crippen LogP contribution in [0, 0.1) is 0 Å². The first kappa shape index (κ1) is 56.0. The predicted molar refractivity (Wildman–Crippen MR) is 247 cm³/mol. The van der Waals surface area contributed by atoms with Crippen molar-refractivity contribution < 1.29 is 16.9 Å². The highest BCUT2D eigenvalue weighted by atomic mass is 35.5. The van der Waals surface area contributed by atoms with E-state index < -0.39 is 0 Å². The van der Waals surface area contributed by atoms with E-state index >= 15 is 0 Å². The molecule has 0 aliphatic carbocycles. The molecule has 2 nitrogen and oxygen atoms in total. The summed E-state index contributed by atoms with van der Waals surface area (Å²) in [7, 11) is 4.74. The van der Waals surface area contributed by atoms with E-state index in [1.54, 1.807) is 0 Å². The molecule has 0 aromatic heterocycles. The zero-order valence-corrected chi connectivity index (χ0v) is 39.2. The van der Waals surface area contributed by atoms with Crippen molar-refractivity contribution in [2.45, 2.75) is 226 Å². The molecule has 4 heteroatoms. The first-order valence-electron chi connectivity index (χ1n) is 23.5. The highest BCUT2D eigenvalue weighted by Gasteiger charge is 2.18. The van der Waals surface area contributed by atoms with Gasteiger partial charge in [0, 0.05) is 11.1 Å². The molecule has 2 rings (SSSR count). The van der Waals surface area contributed by atoms with Crippen molar-refractivity contribution in [2.75, 3.05) is 27.2 Å². The van der Waals surface area contributed by atoms with E-state index in [1.165, 1.54) is 204 Å². The van der Waals surface area contributed by atoms with Gasteiger partial charge in [0.2, 0.25) is 0 Å². The summed E-state index contributed by atoms with van der Waals surface area (Å²) in [5, 5.41) is 3.72. The molecular weight excluding hydrogens is 711 g/mol. The van der Waals surface area contributed by atoms with Crippen LogP contribution in [0.1, 0.15) is 225 Å². The van der Waals surface area contributed by atoms with Crippen LogP contribution in [0.5, 0.6) is 0 Å². The molecule has 55 heavy (non-hydrogen) atoms. The van der Waals surface area contributed by atoms with E-state index in [2.05, 4.69) is 108 Å². The third-order valence-corrected chi connectivity index (χ3v) is 11.4. The Kier molecular flexibility index (Phi) is 40.5. The first-order chi connectivity index (χ1) is 25.8. The largest absolute Gasteiger partial charge is 1.00 e. The highest BCUT2D eigenvalue weighted by Crippen LogP contribution is 2.20. The number of unbranched alkanes of at least 4 members (excludes halogenated alkanes) is 27. The van der Waals surface area contributed by atoms with Crippen molar-refractivity contribution in [3.8, 4) is 0 Å². The number of quaternary nitrogens is 1. The van der Waals surface area contributed by atoms with E-state index in [0.717, 1.165) is 17.6 Å². The minimum atomic E-state index is 0. The van der Waals surface area contributed by atoms with Crippen LogP contribution in [-0.2, 0) is 12.1 Å². The predicted octanol–water partition coefficient (Wildman–Crippen LogP) is 13.6. The fourth-order valence-electron chi connectivity index (χ4n) is 7.75. The molecule has 2 aromatic carbocycles. The maximum absolute atomic E-state index is 3.72. The van der Waals surface area contributed by atoms with Gasteiger partial charge in [0.05, 0.1) is 20.6 Å². The highest BCUT2D eigenvalue weighted by molar-refractivity contribution is 5.85. The molecule has 0 spiro atoms. The van der Waals surface area contributed by atoms with Crippen LogP contribution in [0.4, 0.5) is 0 Å². The van der Waals surface area contributed by atoms with Crippen LogP contribution in [0.3, 0.4) is 0 Å². The molecule has 0 saturated heterocycles. The van der Waals surface area contributed by atoms with Crippen molar-refractivity contribution in [1.82, 2.24) is 5.32 Å². The summed E-state index contributed by atoms with van der Waals surface area (Å²) < 4.78 is 1.11. The zero-order chi connectivity index (χ0) is 38.6. The third kappa shape index (κ3) is 35.8. The Hall–Kier alpha value is -1.06. The van der Waals surface area contributed by atoms with Gasteiger partial charge in [-0.25, -0.2) is 0 Å². The van der Waals surface area contributed by atoms with Crippen LogP contribution in [-0.4, -0.2) is 31.7 Å². The number of nitrogens with one attached hydrogen (secondary N) is 1. The summed E-state index contributed by atoms with van der Waals surface area (Å²) in [6.07, 6.45) is 41.6. The molecule has 0 saturated carbocycles. The number of hydrogen-bond donors (Lipinski definition) is 1. The fraction of sp³-hybridized carbons (Fsp3) is 0.765. The molecule has 322 valence electrons. The average molecular weight is 806 g/mol. The van der Waals surface area contributed by atoms with Crippen molar-refractivity contribution >= 4 is 12.4 Å². The van der Waals surface area contributed by atoms with Gasteiger partial charge in [0.25, 0.3) is 0 Å². The molecule has 0 unspecified atom stereocenters. The van der Waals surface area contributed by atoms with Crippen LogP contribution in [0.15, 0.2) is 60.7 Å². The summed E-state index contributed by atoms with van der Waals surface area (Å²) >= 11 is 0. The summed E-state index contributed by atoms with van der Waals surface area (Å²) in [5.74, 6) is 0. The van der Waals surface area contributed by atoms with Gasteiger partial charge in [0.15, 0.2) is 0 Å². The van der Waals surface area contributed by atoms with Gasteiger partial charge < -0.3 is 22.2 Å². The summed E-state index contributed by atoms with van der Waals surface area (Å²) in [5.41, 5.74) is 2.92. The molecule has 0 amide bonds. The quantitative estimate of drug-likeness (QED) is 0.0540. The maximum atomic E-state index is 3.72. The summed E-state index contributed by atoms with van der Waals surface area (Å²) in [6, 6.07) is 21.7. The average Bonchev–Trinajstić information content (AvgIpc) is 3.15. The molecule has 0 fully saturated rings. The monoisotopic (exact) mass is 805 g/mol. The lowest BCUT2D eigenvalue weighted by Gasteiger charge is -2.30. The molecule has 1 N–H and O–H groups in total. The van der Waals surface area contributed by atoms with Crippen molar-refractivity contribution in [1.29, 1.82) is 0 Å². The second-order valence-corrected chi connectivity index (χ2v) is 17.8. The fourth-order valence-corrected chi connectivity index (χ4v) is 7.75. The Morgan fingerprint density at radius 2 is 0.745 bits per heavy atom. The molecule has 0 aliphatic heterocycles. The molecule has 0 bridgehead atoms. The van der Waals surface area contributed by atoms with E-state index in [4.69, 9.17) is 0 Å². The Morgan fingerprint density at radius 3 is 1.11 bits per heavy atom. The second-order valence-electron chi connectivity index (χ2n) is 17.8. The number of hydrogen-bond acceptors (Lipinski definition) is 1. The van der Waals surface area contributed by atoms with Crippen LogP contribution in [0.2, 0.25) is 0 Å². The lowest BCUT2D eigenvalue weighted by atomic mass is 9.94. The molecule has 2 aromatic rings. The molecular formula is C51H94Cl2N2. The lowest BCUT2D eigenvalue weighted by molar-refractivity contribution is -0.903. The maximum Gasteiger partial charge on any atom is 0.104 e. The number of rotatable bonds is 35. The van der Waals surface area contributed by atoms with Gasteiger partial charge in [-0.1, -0.05) is 241 Å². The van der Waals surface area contributed by atoms with Gasteiger partial charge in [0.1, 0.15) is 6.54 Å². The number of nitrogens with zero attached hydrogens (tertiary/aromatic N) is 1.